The Morgan fingerprint density at radius 2 is 1.88 bits per heavy atom. The summed E-state index contributed by atoms with van der Waals surface area (Å²) in [6.45, 7) is 9.86. The molecule has 2 bridgehead atoms. The van der Waals surface area contributed by atoms with E-state index in [1.165, 1.54) is 0 Å². The van der Waals surface area contributed by atoms with Gasteiger partial charge in [-0.15, -0.1) is 0 Å². The van der Waals surface area contributed by atoms with E-state index in [9.17, 15) is 9.59 Å². The molecule has 2 atom stereocenters. The van der Waals surface area contributed by atoms with Crippen LogP contribution in [0.5, 0.6) is 0 Å². The second kappa shape index (κ2) is 8.48. The van der Waals surface area contributed by atoms with E-state index in [1.54, 1.807) is 18.5 Å². The van der Waals surface area contributed by atoms with Crippen molar-refractivity contribution in [2.24, 2.45) is 11.8 Å². The van der Waals surface area contributed by atoms with Crippen LogP contribution >= 0.6 is 0 Å². The predicted molar refractivity (Wildman–Crippen MR) is 120 cm³/mol. The number of ether oxygens (including phenoxy) is 1. The predicted octanol–water partition coefficient (Wildman–Crippen LogP) is 3.61. The highest BCUT2D eigenvalue weighted by molar-refractivity contribution is 5.98. The lowest BCUT2D eigenvalue weighted by Crippen LogP contribution is -2.65. The number of alkyl carbamates (subject to hydrolysis) is 1. The van der Waals surface area contributed by atoms with E-state index in [0.29, 0.717) is 29.5 Å². The van der Waals surface area contributed by atoms with Crippen molar-refractivity contribution in [3.63, 3.8) is 0 Å². The number of rotatable bonds is 4. The standard InChI is InChI=1S/C24H31N5O3/c1-14-7-8-18(21-25-9-6-10-26-21)20(28-14)22(30)29-17-11-16(12-17)15(2)19(29)13-27-23(31)32-24(3,4)5/h6-10,15-17,19H,11-13H2,1-5H3,(H,27,31). The molecule has 0 aromatic carbocycles. The summed E-state index contributed by atoms with van der Waals surface area (Å²) in [5.74, 6) is 1.17. The Morgan fingerprint density at radius 3 is 2.53 bits per heavy atom. The van der Waals surface area contributed by atoms with E-state index in [4.69, 9.17) is 4.74 Å². The first-order valence-corrected chi connectivity index (χ1v) is 11.2. The summed E-state index contributed by atoms with van der Waals surface area (Å²) in [5.41, 5.74) is 1.16. The first kappa shape index (κ1) is 22.2. The van der Waals surface area contributed by atoms with Gasteiger partial charge in [-0.25, -0.2) is 19.7 Å². The van der Waals surface area contributed by atoms with Gasteiger partial charge in [-0.2, -0.15) is 0 Å². The molecular formula is C24H31N5O3. The van der Waals surface area contributed by atoms with E-state index in [2.05, 4.69) is 27.2 Å². The fraction of sp³-hybridized carbons (Fsp3) is 0.542. The SMILES string of the molecule is Cc1ccc(-c2ncccn2)c(C(=O)N2C3CC(C3)C(C)C2CNC(=O)OC(C)(C)C)n1. The van der Waals surface area contributed by atoms with Crippen molar-refractivity contribution in [2.75, 3.05) is 6.54 Å². The average molecular weight is 438 g/mol. The quantitative estimate of drug-likeness (QED) is 0.785. The van der Waals surface area contributed by atoms with Gasteiger partial charge in [0.15, 0.2) is 5.82 Å². The van der Waals surface area contributed by atoms with Crippen LogP contribution in [0, 0.1) is 18.8 Å². The third-order valence-corrected chi connectivity index (χ3v) is 6.38. The van der Waals surface area contributed by atoms with Gasteiger partial charge in [-0.1, -0.05) is 6.92 Å². The summed E-state index contributed by atoms with van der Waals surface area (Å²) in [7, 11) is 0. The molecule has 0 radical (unpaired) electrons. The number of aromatic nitrogens is 3. The second-order valence-electron chi connectivity index (χ2n) is 9.83. The summed E-state index contributed by atoms with van der Waals surface area (Å²) in [4.78, 5) is 41.3. The molecule has 1 N–H and O–H groups in total. The van der Waals surface area contributed by atoms with Crippen LogP contribution in [-0.2, 0) is 4.74 Å². The maximum Gasteiger partial charge on any atom is 0.407 e. The van der Waals surface area contributed by atoms with Crippen molar-refractivity contribution >= 4 is 12.0 Å². The molecule has 2 unspecified atom stereocenters. The van der Waals surface area contributed by atoms with Crippen LogP contribution in [0.25, 0.3) is 11.4 Å². The van der Waals surface area contributed by atoms with Crippen molar-refractivity contribution in [3.8, 4) is 11.4 Å². The zero-order valence-electron chi connectivity index (χ0n) is 19.3. The van der Waals surface area contributed by atoms with Gasteiger partial charge < -0.3 is 15.0 Å². The van der Waals surface area contributed by atoms with Crippen molar-refractivity contribution in [1.82, 2.24) is 25.2 Å². The minimum Gasteiger partial charge on any atom is -0.444 e. The van der Waals surface area contributed by atoms with E-state index in [1.807, 2.05) is 44.7 Å². The van der Waals surface area contributed by atoms with Crippen LogP contribution in [0.1, 0.15) is 56.7 Å². The number of pyridine rings is 1. The summed E-state index contributed by atoms with van der Waals surface area (Å²) in [6, 6.07) is 5.49. The molecule has 0 spiro atoms. The number of nitrogens with one attached hydrogen (secondary N) is 1. The van der Waals surface area contributed by atoms with Crippen molar-refractivity contribution in [3.05, 3.63) is 42.0 Å². The number of carbonyl (C=O) groups excluding carboxylic acids is 2. The van der Waals surface area contributed by atoms with Crippen molar-refractivity contribution in [1.29, 1.82) is 0 Å². The van der Waals surface area contributed by atoms with Gasteiger partial charge in [0.05, 0.1) is 11.6 Å². The number of piperidine rings is 2. The maximum atomic E-state index is 13.9. The van der Waals surface area contributed by atoms with Gasteiger partial charge in [-0.3, -0.25) is 4.79 Å². The summed E-state index contributed by atoms with van der Waals surface area (Å²) >= 11 is 0. The van der Waals surface area contributed by atoms with Crippen LogP contribution in [0.2, 0.25) is 0 Å². The van der Waals surface area contributed by atoms with Crippen LogP contribution < -0.4 is 5.32 Å². The number of carbonyl (C=O) groups is 2. The highest BCUT2D eigenvalue weighted by Crippen LogP contribution is 2.47. The lowest BCUT2D eigenvalue weighted by molar-refractivity contribution is -0.0546. The largest absolute Gasteiger partial charge is 0.444 e. The molecule has 2 aromatic heterocycles. The average Bonchev–Trinajstić information content (AvgIpc) is 2.70. The third-order valence-electron chi connectivity index (χ3n) is 6.38. The summed E-state index contributed by atoms with van der Waals surface area (Å²) in [5, 5.41) is 2.87. The van der Waals surface area contributed by atoms with Gasteiger partial charge in [0.1, 0.15) is 11.3 Å². The topological polar surface area (TPSA) is 97.3 Å². The first-order chi connectivity index (χ1) is 15.1. The number of amides is 2. The zero-order chi connectivity index (χ0) is 23.0. The number of fused-ring (bicyclic) bond motifs is 2. The molecule has 170 valence electrons. The number of hydrogen-bond donors (Lipinski definition) is 1. The summed E-state index contributed by atoms with van der Waals surface area (Å²) < 4.78 is 5.39. The first-order valence-electron chi connectivity index (χ1n) is 11.2. The summed E-state index contributed by atoms with van der Waals surface area (Å²) in [6.07, 6.45) is 4.81. The van der Waals surface area contributed by atoms with Crippen molar-refractivity contribution in [2.45, 2.75) is 65.1 Å². The third kappa shape index (κ3) is 4.45. The molecule has 3 fully saturated rings. The Hall–Kier alpha value is -3.03. The van der Waals surface area contributed by atoms with Gasteiger partial charge in [0, 0.05) is 30.7 Å². The van der Waals surface area contributed by atoms with Crippen LogP contribution in [0.4, 0.5) is 4.79 Å². The Morgan fingerprint density at radius 1 is 1.19 bits per heavy atom. The van der Waals surface area contributed by atoms with Gasteiger partial charge in [0.2, 0.25) is 0 Å². The number of aryl methyl sites for hydroxylation is 1. The highest BCUT2D eigenvalue weighted by Gasteiger charge is 2.51. The Balaban J connectivity index is 1.61. The van der Waals surface area contributed by atoms with Crippen LogP contribution in [-0.4, -0.2) is 56.1 Å². The molecule has 4 heterocycles. The van der Waals surface area contributed by atoms with Crippen LogP contribution in [0.15, 0.2) is 30.6 Å². The fourth-order valence-corrected chi connectivity index (χ4v) is 4.69. The van der Waals surface area contributed by atoms with Gasteiger partial charge >= 0.3 is 6.09 Å². The number of nitrogens with zero attached hydrogens (tertiary/aromatic N) is 4. The lowest BCUT2D eigenvalue weighted by Gasteiger charge is -2.57. The van der Waals surface area contributed by atoms with E-state index >= 15 is 0 Å². The smallest absolute Gasteiger partial charge is 0.407 e. The number of hydrogen-bond acceptors (Lipinski definition) is 6. The molecule has 2 aromatic rings. The van der Waals surface area contributed by atoms with Gasteiger partial charge in [-0.05, 0) is 70.6 Å². The van der Waals surface area contributed by atoms with E-state index < -0.39 is 11.7 Å². The molecule has 1 saturated carbocycles. The molecule has 8 heteroatoms. The van der Waals surface area contributed by atoms with E-state index in [0.717, 1.165) is 18.5 Å². The molecular weight excluding hydrogens is 406 g/mol. The monoisotopic (exact) mass is 437 g/mol. The van der Waals surface area contributed by atoms with Crippen molar-refractivity contribution < 1.29 is 14.3 Å². The molecule has 3 aliphatic rings. The zero-order valence-corrected chi connectivity index (χ0v) is 19.3. The minimum atomic E-state index is -0.573. The highest BCUT2D eigenvalue weighted by atomic mass is 16.6. The molecule has 2 amide bonds. The Kier molecular flexibility index (Phi) is 5.88. The second-order valence-corrected chi connectivity index (χ2v) is 9.83. The molecule has 32 heavy (non-hydrogen) atoms. The van der Waals surface area contributed by atoms with Crippen LogP contribution in [0.3, 0.4) is 0 Å². The molecule has 2 aliphatic heterocycles. The minimum absolute atomic E-state index is 0.126. The Bertz CT molecular complexity index is 998. The molecule has 2 saturated heterocycles. The van der Waals surface area contributed by atoms with Gasteiger partial charge in [0.25, 0.3) is 5.91 Å². The molecule has 1 aliphatic carbocycles. The Labute approximate surface area is 188 Å². The fourth-order valence-electron chi connectivity index (χ4n) is 4.69. The normalized spacial score (nSPS) is 24.5. The molecule has 8 nitrogen and oxygen atoms in total. The molecule has 5 rings (SSSR count). The maximum absolute atomic E-state index is 13.9. The lowest BCUT2D eigenvalue weighted by atomic mass is 9.64. The van der Waals surface area contributed by atoms with E-state index in [-0.39, 0.29) is 23.9 Å².